The quantitative estimate of drug-likeness (QED) is 0.630. The van der Waals surface area contributed by atoms with Crippen molar-refractivity contribution in [2.75, 3.05) is 13.2 Å². The Kier molecular flexibility index (Phi) is 5.46. The van der Waals surface area contributed by atoms with Crippen molar-refractivity contribution in [1.29, 1.82) is 0 Å². The van der Waals surface area contributed by atoms with Crippen molar-refractivity contribution in [3.8, 4) is 0 Å². The summed E-state index contributed by atoms with van der Waals surface area (Å²) in [6.07, 6.45) is 1.26. The van der Waals surface area contributed by atoms with Gasteiger partial charge in [-0.3, -0.25) is 0 Å². The van der Waals surface area contributed by atoms with Crippen LogP contribution in [-0.4, -0.2) is 30.0 Å². The Morgan fingerprint density at radius 3 is 2.50 bits per heavy atom. The monoisotopic (exact) mass is 175 g/mol. The van der Waals surface area contributed by atoms with Crippen LogP contribution in [-0.2, 0) is 4.74 Å². The van der Waals surface area contributed by atoms with E-state index >= 15 is 0 Å². The van der Waals surface area contributed by atoms with Gasteiger partial charge >= 0.3 is 0 Å². The molecular weight excluding hydrogens is 154 g/mol. The third-order valence-electron chi connectivity index (χ3n) is 2.02. The zero-order valence-electron chi connectivity index (χ0n) is 8.34. The summed E-state index contributed by atoms with van der Waals surface area (Å²) < 4.78 is 5.27. The molecule has 0 fully saturated rings. The summed E-state index contributed by atoms with van der Waals surface area (Å²) in [5.41, 5.74) is 5.58. The van der Waals surface area contributed by atoms with Crippen LogP contribution in [0, 0.1) is 0 Å². The molecule has 0 spiro atoms. The fourth-order valence-electron chi connectivity index (χ4n) is 0.648. The second-order valence-electron chi connectivity index (χ2n) is 3.58. The van der Waals surface area contributed by atoms with Gasteiger partial charge in [0, 0.05) is 5.54 Å². The summed E-state index contributed by atoms with van der Waals surface area (Å²) in [6, 6.07) is 0. The molecule has 12 heavy (non-hydrogen) atoms. The summed E-state index contributed by atoms with van der Waals surface area (Å²) in [5, 5.41) is 9.16. The van der Waals surface area contributed by atoms with Gasteiger partial charge in [0.15, 0.2) is 0 Å². The van der Waals surface area contributed by atoms with Gasteiger partial charge < -0.3 is 15.6 Å². The van der Waals surface area contributed by atoms with Crippen LogP contribution in [0.4, 0.5) is 0 Å². The van der Waals surface area contributed by atoms with Gasteiger partial charge in [0.25, 0.3) is 0 Å². The molecule has 0 amide bonds. The molecule has 0 bridgehead atoms. The standard InChI is InChI=1S/C9H21NO2/c1-4-8(11)6-12-7-9(3,10)5-2/h8,11H,4-7,10H2,1-3H3. The van der Waals surface area contributed by atoms with Crippen molar-refractivity contribution in [2.24, 2.45) is 5.73 Å². The summed E-state index contributed by atoms with van der Waals surface area (Å²) in [4.78, 5) is 0. The Labute approximate surface area is 74.9 Å². The molecule has 2 unspecified atom stereocenters. The second kappa shape index (κ2) is 5.51. The molecule has 0 aromatic carbocycles. The number of nitrogens with two attached hydrogens (primary N) is 1. The number of hydrogen-bond donors (Lipinski definition) is 2. The molecule has 0 heterocycles. The first-order valence-corrected chi connectivity index (χ1v) is 4.56. The number of hydrogen-bond acceptors (Lipinski definition) is 3. The van der Waals surface area contributed by atoms with Gasteiger partial charge in [-0.15, -0.1) is 0 Å². The lowest BCUT2D eigenvalue weighted by atomic mass is 10.0. The molecule has 3 N–H and O–H groups in total. The van der Waals surface area contributed by atoms with Crippen molar-refractivity contribution < 1.29 is 9.84 Å². The Morgan fingerprint density at radius 1 is 1.50 bits per heavy atom. The molecule has 0 aromatic rings. The lowest BCUT2D eigenvalue weighted by molar-refractivity contribution is 0.0155. The maximum absolute atomic E-state index is 9.16. The SMILES string of the molecule is CCC(O)COCC(C)(N)CC. The highest BCUT2D eigenvalue weighted by Crippen LogP contribution is 2.05. The van der Waals surface area contributed by atoms with Crippen LogP contribution in [0.25, 0.3) is 0 Å². The highest BCUT2D eigenvalue weighted by molar-refractivity contribution is 4.75. The predicted octanol–water partition coefficient (Wildman–Crippen LogP) is 0.901. The van der Waals surface area contributed by atoms with Gasteiger partial charge in [-0.05, 0) is 19.8 Å². The summed E-state index contributed by atoms with van der Waals surface area (Å²) in [5.74, 6) is 0. The Bertz CT molecular complexity index is 115. The third-order valence-corrected chi connectivity index (χ3v) is 2.02. The molecule has 0 aliphatic carbocycles. The lowest BCUT2D eigenvalue weighted by Gasteiger charge is -2.22. The van der Waals surface area contributed by atoms with Crippen LogP contribution < -0.4 is 5.73 Å². The molecule has 3 heteroatoms. The van der Waals surface area contributed by atoms with E-state index in [0.29, 0.717) is 13.2 Å². The van der Waals surface area contributed by atoms with Crippen molar-refractivity contribution in [2.45, 2.75) is 45.3 Å². The molecule has 0 radical (unpaired) electrons. The Balaban J connectivity index is 3.42. The topological polar surface area (TPSA) is 55.5 Å². The first kappa shape index (κ1) is 11.9. The fraction of sp³-hybridized carbons (Fsp3) is 1.00. The van der Waals surface area contributed by atoms with Crippen LogP contribution in [0.5, 0.6) is 0 Å². The van der Waals surface area contributed by atoms with Crippen LogP contribution in [0.2, 0.25) is 0 Å². The third kappa shape index (κ3) is 5.52. The minimum atomic E-state index is -0.349. The normalized spacial score (nSPS) is 18.8. The Hall–Kier alpha value is -0.120. The van der Waals surface area contributed by atoms with Crippen molar-refractivity contribution in [3.05, 3.63) is 0 Å². The maximum atomic E-state index is 9.16. The molecule has 0 aliphatic heterocycles. The van der Waals surface area contributed by atoms with Crippen LogP contribution in [0.3, 0.4) is 0 Å². The van der Waals surface area contributed by atoms with Crippen molar-refractivity contribution >= 4 is 0 Å². The molecule has 0 rings (SSSR count). The predicted molar refractivity (Wildman–Crippen MR) is 50.0 cm³/mol. The number of aliphatic hydroxyl groups excluding tert-OH is 1. The fourth-order valence-corrected chi connectivity index (χ4v) is 0.648. The minimum absolute atomic E-state index is 0.256. The zero-order chi connectivity index (χ0) is 9.61. The van der Waals surface area contributed by atoms with Crippen LogP contribution in [0.1, 0.15) is 33.6 Å². The average Bonchev–Trinajstić information content (AvgIpc) is 2.04. The van der Waals surface area contributed by atoms with Crippen molar-refractivity contribution in [1.82, 2.24) is 0 Å². The van der Waals surface area contributed by atoms with Gasteiger partial charge in [-0.2, -0.15) is 0 Å². The maximum Gasteiger partial charge on any atom is 0.0771 e. The van der Waals surface area contributed by atoms with E-state index in [0.717, 1.165) is 12.8 Å². The van der Waals surface area contributed by atoms with Gasteiger partial charge in [-0.1, -0.05) is 13.8 Å². The lowest BCUT2D eigenvalue weighted by Crippen LogP contribution is -2.41. The van der Waals surface area contributed by atoms with Crippen LogP contribution >= 0.6 is 0 Å². The van der Waals surface area contributed by atoms with Gasteiger partial charge in [0.1, 0.15) is 0 Å². The van der Waals surface area contributed by atoms with Gasteiger partial charge in [-0.25, -0.2) is 0 Å². The summed E-state index contributed by atoms with van der Waals surface area (Å²) >= 11 is 0. The number of aliphatic hydroxyl groups is 1. The van der Waals surface area contributed by atoms with E-state index in [-0.39, 0.29) is 11.6 Å². The van der Waals surface area contributed by atoms with Gasteiger partial charge in [0.2, 0.25) is 0 Å². The van der Waals surface area contributed by atoms with E-state index in [1.807, 2.05) is 20.8 Å². The largest absolute Gasteiger partial charge is 0.391 e. The number of rotatable bonds is 6. The van der Waals surface area contributed by atoms with E-state index in [1.165, 1.54) is 0 Å². The van der Waals surface area contributed by atoms with E-state index in [2.05, 4.69) is 0 Å². The van der Waals surface area contributed by atoms with Gasteiger partial charge in [0.05, 0.1) is 19.3 Å². The zero-order valence-corrected chi connectivity index (χ0v) is 8.34. The highest BCUT2D eigenvalue weighted by atomic mass is 16.5. The molecule has 0 aromatic heterocycles. The molecule has 0 saturated carbocycles. The van der Waals surface area contributed by atoms with E-state index in [4.69, 9.17) is 15.6 Å². The molecule has 74 valence electrons. The molecule has 3 nitrogen and oxygen atoms in total. The average molecular weight is 175 g/mol. The molecule has 0 saturated heterocycles. The first-order chi connectivity index (χ1) is 5.52. The van der Waals surface area contributed by atoms with Crippen molar-refractivity contribution in [3.63, 3.8) is 0 Å². The second-order valence-corrected chi connectivity index (χ2v) is 3.58. The van der Waals surface area contributed by atoms with E-state index < -0.39 is 0 Å². The first-order valence-electron chi connectivity index (χ1n) is 4.56. The van der Waals surface area contributed by atoms with Crippen LogP contribution in [0.15, 0.2) is 0 Å². The highest BCUT2D eigenvalue weighted by Gasteiger charge is 2.15. The Morgan fingerprint density at radius 2 is 2.08 bits per heavy atom. The molecular formula is C9H21NO2. The number of ether oxygens (including phenoxy) is 1. The van der Waals surface area contributed by atoms with E-state index in [1.54, 1.807) is 0 Å². The molecule has 0 aliphatic rings. The molecule has 2 atom stereocenters. The summed E-state index contributed by atoms with van der Waals surface area (Å²) in [7, 11) is 0. The van der Waals surface area contributed by atoms with E-state index in [9.17, 15) is 0 Å². The minimum Gasteiger partial charge on any atom is -0.391 e. The smallest absolute Gasteiger partial charge is 0.0771 e. The summed E-state index contributed by atoms with van der Waals surface area (Å²) in [6.45, 7) is 6.81.